The Balaban J connectivity index is 2.06. The van der Waals surface area contributed by atoms with Crippen LogP contribution in [0.15, 0.2) is 59.0 Å². The minimum Gasteiger partial charge on any atom is -0.435 e. The zero-order valence-electron chi connectivity index (χ0n) is 13.5. The Morgan fingerprint density at radius 2 is 1.70 bits per heavy atom. The first-order valence-corrected chi connectivity index (χ1v) is 8.28. The van der Waals surface area contributed by atoms with Crippen LogP contribution in [0.25, 0.3) is 6.08 Å². The molecular weight excluding hydrogens is 384 g/mol. The van der Waals surface area contributed by atoms with Crippen LogP contribution in [0.4, 0.5) is 23.2 Å². The molecule has 0 saturated carbocycles. The maximum Gasteiger partial charge on any atom is 0.387 e. The van der Waals surface area contributed by atoms with E-state index in [-0.39, 0.29) is 11.3 Å². The highest BCUT2D eigenvalue weighted by atomic mass is 32.2. The number of benzene rings is 2. The lowest BCUT2D eigenvalue weighted by molar-refractivity contribution is -0.112. The maximum absolute atomic E-state index is 12.3. The van der Waals surface area contributed by atoms with E-state index in [4.69, 9.17) is 5.26 Å². The molecule has 2 aromatic carbocycles. The normalized spacial score (nSPS) is 11.4. The third-order valence-electron chi connectivity index (χ3n) is 3.12. The molecule has 0 bridgehead atoms. The van der Waals surface area contributed by atoms with E-state index in [0.717, 1.165) is 0 Å². The SMILES string of the molecule is N#C/C(=C\c1ccc(OC(F)F)cc1)C(=O)Nc1ccc(SC(F)F)cc1. The van der Waals surface area contributed by atoms with Crippen LogP contribution in [0.2, 0.25) is 0 Å². The van der Waals surface area contributed by atoms with Gasteiger partial charge in [-0.25, -0.2) is 0 Å². The second kappa shape index (κ2) is 9.64. The van der Waals surface area contributed by atoms with Gasteiger partial charge in [0.05, 0.1) is 0 Å². The monoisotopic (exact) mass is 396 g/mol. The number of thioether (sulfide) groups is 1. The lowest BCUT2D eigenvalue weighted by Gasteiger charge is -2.06. The molecule has 4 nitrogen and oxygen atoms in total. The number of carbonyl (C=O) groups is 1. The molecular formula is C18H12F4N2O2S. The molecule has 0 aliphatic heterocycles. The number of amides is 1. The second-order valence-corrected chi connectivity index (χ2v) is 6.04. The van der Waals surface area contributed by atoms with Gasteiger partial charge in [0.25, 0.3) is 11.7 Å². The van der Waals surface area contributed by atoms with Crippen molar-refractivity contribution in [3.8, 4) is 11.8 Å². The molecule has 0 fully saturated rings. The zero-order chi connectivity index (χ0) is 19.8. The van der Waals surface area contributed by atoms with Gasteiger partial charge < -0.3 is 10.1 Å². The number of nitriles is 1. The molecule has 0 aliphatic rings. The largest absolute Gasteiger partial charge is 0.435 e. The highest BCUT2D eigenvalue weighted by molar-refractivity contribution is 7.99. The van der Waals surface area contributed by atoms with E-state index < -0.39 is 18.3 Å². The summed E-state index contributed by atoms with van der Waals surface area (Å²) in [5.74, 6) is -3.29. The van der Waals surface area contributed by atoms with Gasteiger partial charge in [0.1, 0.15) is 17.4 Å². The Morgan fingerprint density at radius 1 is 1.07 bits per heavy atom. The number of hydrogen-bond donors (Lipinski definition) is 1. The molecule has 2 rings (SSSR count). The third-order valence-corrected chi connectivity index (χ3v) is 3.84. The van der Waals surface area contributed by atoms with Crippen molar-refractivity contribution in [1.29, 1.82) is 5.26 Å². The molecule has 0 unspecified atom stereocenters. The maximum atomic E-state index is 12.3. The van der Waals surface area contributed by atoms with Crippen molar-refractivity contribution in [2.24, 2.45) is 0 Å². The fraction of sp³-hybridized carbons (Fsp3) is 0.111. The Hall–Kier alpha value is -2.99. The van der Waals surface area contributed by atoms with Gasteiger partial charge in [0, 0.05) is 10.6 Å². The summed E-state index contributed by atoms with van der Waals surface area (Å²) in [5, 5.41) is 11.6. The molecule has 0 heterocycles. The van der Waals surface area contributed by atoms with Gasteiger partial charge in [-0.3, -0.25) is 4.79 Å². The first kappa shape index (κ1) is 20.3. The van der Waals surface area contributed by atoms with Crippen LogP contribution < -0.4 is 10.1 Å². The molecule has 1 N–H and O–H groups in total. The van der Waals surface area contributed by atoms with Gasteiger partial charge in [-0.1, -0.05) is 23.9 Å². The van der Waals surface area contributed by atoms with Crippen LogP contribution in [0.5, 0.6) is 5.75 Å². The number of nitrogens with one attached hydrogen (secondary N) is 1. The first-order chi connectivity index (χ1) is 12.9. The number of carbonyl (C=O) groups excluding carboxylic acids is 1. The Kier molecular flexibility index (Phi) is 7.25. The number of alkyl halides is 4. The summed E-state index contributed by atoms with van der Waals surface area (Å²) < 4.78 is 53.0. The summed E-state index contributed by atoms with van der Waals surface area (Å²) in [6.07, 6.45) is 1.28. The van der Waals surface area contributed by atoms with Gasteiger partial charge in [0.15, 0.2) is 0 Å². The molecule has 1 amide bonds. The highest BCUT2D eigenvalue weighted by Crippen LogP contribution is 2.26. The predicted molar refractivity (Wildman–Crippen MR) is 93.6 cm³/mol. The molecule has 2 aromatic rings. The molecule has 140 valence electrons. The van der Waals surface area contributed by atoms with Gasteiger partial charge in [-0.05, 0) is 48.0 Å². The van der Waals surface area contributed by atoms with Crippen LogP contribution in [0, 0.1) is 11.3 Å². The number of nitrogens with zero attached hydrogens (tertiary/aromatic N) is 1. The zero-order valence-corrected chi connectivity index (χ0v) is 14.4. The van der Waals surface area contributed by atoms with Crippen LogP contribution >= 0.6 is 11.8 Å². The minimum atomic E-state index is -2.95. The van der Waals surface area contributed by atoms with Gasteiger partial charge in [0.2, 0.25) is 0 Å². The minimum absolute atomic E-state index is 0.0492. The number of halogens is 4. The average Bonchev–Trinajstić information content (AvgIpc) is 2.61. The molecule has 0 spiro atoms. The van der Waals surface area contributed by atoms with E-state index in [0.29, 0.717) is 27.9 Å². The molecule has 9 heteroatoms. The standard InChI is InChI=1S/C18H12F4N2O2S/c19-17(20)26-14-5-1-11(2-6-14)9-12(10-23)16(25)24-13-3-7-15(8-4-13)27-18(21)22/h1-9,17-18H,(H,24,25)/b12-9+. The summed E-state index contributed by atoms with van der Waals surface area (Å²) in [4.78, 5) is 12.5. The summed E-state index contributed by atoms with van der Waals surface area (Å²) in [5.41, 5.74) is 0.552. The molecule has 0 atom stereocenters. The number of ether oxygens (including phenoxy) is 1. The van der Waals surface area contributed by atoms with E-state index >= 15 is 0 Å². The van der Waals surface area contributed by atoms with Crippen molar-refractivity contribution in [1.82, 2.24) is 0 Å². The van der Waals surface area contributed by atoms with E-state index in [9.17, 15) is 22.4 Å². The topological polar surface area (TPSA) is 62.1 Å². The van der Waals surface area contributed by atoms with Crippen molar-refractivity contribution in [2.75, 3.05) is 5.32 Å². The van der Waals surface area contributed by atoms with Crippen molar-refractivity contribution < 1.29 is 27.1 Å². The quantitative estimate of drug-likeness (QED) is 0.304. The Morgan fingerprint density at radius 3 is 2.22 bits per heavy atom. The van der Waals surface area contributed by atoms with Crippen molar-refractivity contribution in [3.05, 3.63) is 59.7 Å². The number of rotatable bonds is 7. The smallest absolute Gasteiger partial charge is 0.387 e. The summed E-state index contributed by atoms with van der Waals surface area (Å²) in [6.45, 7) is -2.95. The average molecular weight is 396 g/mol. The highest BCUT2D eigenvalue weighted by Gasteiger charge is 2.11. The second-order valence-electron chi connectivity index (χ2n) is 4.97. The molecule has 0 aliphatic carbocycles. The summed E-state index contributed by atoms with van der Waals surface area (Å²) in [7, 11) is 0. The van der Waals surface area contributed by atoms with Gasteiger partial charge in [-0.15, -0.1) is 0 Å². The van der Waals surface area contributed by atoms with Crippen LogP contribution in [0.3, 0.4) is 0 Å². The Labute approximate surface area is 156 Å². The van der Waals surface area contributed by atoms with Gasteiger partial charge in [-0.2, -0.15) is 22.8 Å². The van der Waals surface area contributed by atoms with E-state index in [1.54, 1.807) is 6.07 Å². The number of anilines is 1. The van der Waals surface area contributed by atoms with Crippen molar-refractivity contribution in [3.63, 3.8) is 0 Å². The fourth-order valence-corrected chi connectivity index (χ4v) is 2.48. The van der Waals surface area contributed by atoms with Gasteiger partial charge >= 0.3 is 6.61 Å². The summed E-state index contributed by atoms with van der Waals surface area (Å²) in [6, 6.07) is 12.9. The summed E-state index contributed by atoms with van der Waals surface area (Å²) >= 11 is 0.376. The lowest BCUT2D eigenvalue weighted by atomic mass is 10.1. The van der Waals surface area contributed by atoms with Crippen LogP contribution in [-0.4, -0.2) is 18.3 Å². The third kappa shape index (κ3) is 6.67. The van der Waals surface area contributed by atoms with E-state index in [1.807, 2.05) is 0 Å². The lowest BCUT2D eigenvalue weighted by Crippen LogP contribution is -2.13. The Bertz CT molecular complexity index is 847. The molecule has 0 saturated heterocycles. The van der Waals surface area contributed by atoms with Crippen LogP contribution in [0.1, 0.15) is 5.56 Å². The molecule has 27 heavy (non-hydrogen) atoms. The number of hydrogen-bond acceptors (Lipinski definition) is 4. The molecule has 0 aromatic heterocycles. The fourth-order valence-electron chi connectivity index (χ4n) is 1.98. The molecule has 0 radical (unpaired) electrons. The predicted octanol–water partition coefficient (Wildman–Crippen LogP) is 5.15. The van der Waals surface area contributed by atoms with Crippen molar-refractivity contribution in [2.45, 2.75) is 17.3 Å². The van der Waals surface area contributed by atoms with E-state index in [2.05, 4.69) is 10.1 Å². The van der Waals surface area contributed by atoms with Crippen LogP contribution in [-0.2, 0) is 4.79 Å². The first-order valence-electron chi connectivity index (χ1n) is 7.40. The van der Waals surface area contributed by atoms with E-state index in [1.165, 1.54) is 54.6 Å². The van der Waals surface area contributed by atoms with Crippen molar-refractivity contribution >= 4 is 29.4 Å².